The lowest BCUT2D eigenvalue weighted by atomic mass is 10.2. The molecule has 8 heavy (non-hydrogen) atoms. The van der Waals surface area contributed by atoms with Crippen LogP contribution in [0.5, 0.6) is 0 Å². The predicted octanol–water partition coefficient (Wildman–Crippen LogP) is 0.816. The molecule has 0 unspecified atom stereocenters. The van der Waals surface area contributed by atoms with Crippen molar-refractivity contribution >= 4 is 12.0 Å². The maximum absolute atomic E-state index is 9.69. The second-order valence-corrected chi connectivity index (χ2v) is 1.54. The minimum atomic E-state index is 0.440. The summed E-state index contributed by atoms with van der Waals surface area (Å²) in [5, 5.41) is 10.9. The summed E-state index contributed by atoms with van der Waals surface area (Å²) in [6, 6.07) is 0. The number of rotatable bonds is 3. The number of oxime groups is 1. The maximum atomic E-state index is 9.69. The Labute approximate surface area is 48.0 Å². The first-order valence-electron chi connectivity index (χ1n) is 2.42. The van der Waals surface area contributed by atoms with Crippen LogP contribution in [-0.4, -0.2) is 17.2 Å². The summed E-state index contributed by atoms with van der Waals surface area (Å²) < 4.78 is 0. The van der Waals surface area contributed by atoms with Crippen molar-refractivity contribution in [3.8, 4) is 0 Å². The van der Waals surface area contributed by atoms with Gasteiger partial charge in [-0.3, -0.25) is 0 Å². The summed E-state index contributed by atoms with van der Waals surface area (Å²) >= 11 is 0. The molecule has 0 aromatic carbocycles. The van der Waals surface area contributed by atoms with E-state index < -0.39 is 0 Å². The van der Waals surface area contributed by atoms with Crippen molar-refractivity contribution in [1.29, 1.82) is 0 Å². The monoisotopic (exact) mass is 115 g/mol. The van der Waals surface area contributed by atoms with Crippen molar-refractivity contribution in [3.63, 3.8) is 0 Å². The van der Waals surface area contributed by atoms with E-state index in [1.165, 1.54) is 0 Å². The van der Waals surface area contributed by atoms with Gasteiger partial charge >= 0.3 is 0 Å². The fraction of sp³-hybridized carbons (Fsp3) is 0.600. The molecular weight excluding hydrogens is 106 g/mol. The Morgan fingerprint density at radius 3 is 2.88 bits per heavy atom. The van der Waals surface area contributed by atoms with Crippen molar-refractivity contribution < 1.29 is 10.0 Å². The van der Waals surface area contributed by atoms with Gasteiger partial charge in [0.2, 0.25) is 0 Å². The van der Waals surface area contributed by atoms with E-state index in [0.717, 1.165) is 6.29 Å². The van der Waals surface area contributed by atoms with Gasteiger partial charge in [0, 0.05) is 6.42 Å². The maximum Gasteiger partial charge on any atom is 0.120 e. The fourth-order valence-electron chi connectivity index (χ4n) is 0.318. The van der Waals surface area contributed by atoms with E-state index in [9.17, 15) is 4.79 Å². The Morgan fingerprint density at radius 1 is 1.88 bits per heavy atom. The molecule has 0 amide bonds. The lowest BCUT2D eigenvalue weighted by molar-refractivity contribution is -0.107. The van der Waals surface area contributed by atoms with Crippen LogP contribution in [0.15, 0.2) is 5.16 Å². The number of aldehydes is 1. The number of carbonyl (C=O) groups excluding carboxylic acids is 1. The van der Waals surface area contributed by atoms with Crippen LogP contribution in [0.25, 0.3) is 0 Å². The summed E-state index contributed by atoms with van der Waals surface area (Å²) in [5.74, 6) is 0. The second-order valence-electron chi connectivity index (χ2n) is 1.54. The number of hydrogen-bond donors (Lipinski definition) is 1. The van der Waals surface area contributed by atoms with Crippen LogP contribution >= 0.6 is 0 Å². The number of hydrogen-bond acceptors (Lipinski definition) is 3. The molecule has 0 rings (SSSR count). The Bertz CT molecular complexity index is 98.6. The average Bonchev–Trinajstić information content (AvgIpc) is 1.83. The number of carbonyl (C=O) groups is 1. The quantitative estimate of drug-likeness (QED) is 0.256. The van der Waals surface area contributed by atoms with Gasteiger partial charge in [0.15, 0.2) is 0 Å². The summed E-state index contributed by atoms with van der Waals surface area (Å²) in [7, 11) is 0. The van der Waals surface area contributed by atoms with Crippen molar-refractivity contribution in [2.45, 2.75) is 19.8 Å². The molecule has 3 nitrogen and oxygen atoms in total. The molecule has 0 bridgehead atoms. The Balaban J connectivity index is 3.24. The predicted molar refractivity (Wildman–Crippen MR) is 30.2 cm³/mol. The zero-order chi connectivity index (χ0) is 6.41. The highest BCUT2D eigenvalue weighted by molar-refractivity contribution is 5.82. The zero-order valence-electron chi connectivity index (χ0n) is 4.79. The van der Waals surface area contributed by atoms with E-state index in [4.69, 9.17) is 5.21 Å². The van der Waals surface area contributed by atoms with Gasteiger partial charge in [-0.05, 0) is 13.3 Å². The highest BCUT2D eigenvalue weighted by atomic mass is 16.4. The third kappa shape index (κ3) is 3.33. The Morgan fingerprint density at radius 2 is 2.50 bits per heavy atom. The van der Waals surface area contributed by atoms with Crippen LogP contribution < -0.4 is 0 Å². The first-order chi connectivity index (χ1) is 3.81. The molecule has 0 aliphatic carbocycles. The van der Waals surface area contributed by atoms with Crippen molar-refractivity contribution in [1.82, 2.24) is 0 Å². The van der Waals surface area contributed by atoms with Gasteiger partial charge in [0.1, 0.15) is 6.29 Å². The standard InChI is InChI=1S/C5H9NO2/c1-5(6-8)3-2-4-7/h4,8H,2-3H2,1H3/b6-5-. The van der Waals surface area contributed by atoms with E-state index >= 15 is 0 Å². The molecule has 0 radical (unpaired) electrons. The molecule has 0 atom stereocenters. The summed E-state index contributed by atoms with van der Waals surface area (Å²) in [6.07, 6.45) is 1.80. The Hall–Kier alpha value is -0.860. The van der Waals surface area contributed by atoms with Crippen LogP contribution in [-0.2, 0) is 4.79 Å². The van der Waals surface area contributed by atoms with Crippen molar-refractivity contribution in [2.75, 3.05) is 0 Å². The average molecular weight is 115 g/mol. The molecule has 0 aliphatic heterocycles. The SMILES string of the molecule is C/C(CCC=O)=N/O. The third-order valence-corrected chi connectivity index (χ3v) is 0.795. The largest absolute Gasteiger partial charge is 0.411 e. The smallest absolute Gasteiger partial charge is 0.120 e. The minimum absolute atomic E-state index is 0.440. The van der Waals surface area contributed by atoms with Gasteiger partial charge in [-0.25, -0.2) is 0 Å². The van der Waals surface area contributed by atoms with Crippen LogP contribution in [0.1, 0.15) is 19.8 Å². The van der Waals surface area contributed by atoms with E-state index in [0.29, 0.717) is 18.6 Å². The molecule has 3 heteroatoms. The summed E-state index contributed by atoms with van der Waals surface area (Å²) in [6.45, 7) is 1.67. The first-order valence-corrected chi connectivity index (χ1v) is 2.42. The molecule has 0 aliphatic rings. The highest BCUT2D eigenvalue weighted by Crippen LogP contribution is 1.86. The molecule has 0 saturated carbocycles. The van der Waals surface area contributed by atoms with Gasteiger partial charge in [-0.15, -0.1) is 0 Å². The highest BCUT2D eigenvalue weighted by Gasteiger charge is 1.87. The van der Waals surface area contributed by atoms with Gasteiger partial charge < -0.3 is 10.0 Å². The van der Waals surface area contributed by atoms with Gasteiger partial charge in [-0.1, -0.05) is 5.16 Å². The molecule has 0 spiro atoms. The molecule has 0 aromatic heterocycles. The molecule has 46 valence electrons. The van der Waals surface area contributed by atoms with E-state index in [-0.39, 0.29) is 0 Å². The molecule has 1 N–H and O–H groups in total. The molecular formula is C5H9NO2. The van der Waals surface area contributed by atoms with Crippen LogP contribution in [0.4, 0.5) is 0 Å². The lowest BCUT2D eigenvalue weighted by Crippen LogP contribution is -1.90. The van der Waals surface area contributed by atoms with Crippen LogP contribution in [0, 0.1) is 0 Å². The van der Waals surface area contributed by atoms with Gasteiger partial charge in [0.25, 0.3) is 0 Å². The van der Waals surface area contributed by atoms with Gasteiger partial charge in [0.05, 0.1) is 5.71 Å². The number of nitrogens with zero attached hydrogens (tertiary/aromatic N) is 1. The minimum Gasteiger partial charge on any atom is -0.411 e. The summed E-state index contributed by atoms with van der Waals surface area (Å²) in [5.41, 5.74) is 0.595. The van der Waals surface area contributed by atoms with E-state index in [1.54, 1.807) is 6.92 Å². The van der Waals surface area contributed by atoms with Crippen molar-refractivity contribution in [2.24, 2.45) is 5.16 Å². The summed E-state index contributed by atoms with van der Waals surface area (Å²) in [4.78, 5) is 9.69. The van der Waals surface area contributed by atoms with E-state index in [1.807, 2.05) is 0 Å². The third-order valence-electron chi connectivity index (χ3n) is 0.795. The molecule has 0 aromatic rings. The molecule has 0 heterocycles. The molecule has 0 saturated heterocycles. The zero-order valence-corrected chi connectivity index (χ0v) is 4.79. The molecule has 0 fully saturated rings. The van der Waals surface area contributed by atoms with Crippen LogP contribution in [0.2, 0.25) is 0 Å². The van der Waals surface area contributed by atoms with Crippen LogP contribution in [0.3, 0.4) is 0 Å². The Kier molecular flexibility index (Phi) is 3.84. The topological polar surface area (TPSA) is 49.7 Å². The normalized spacial score (nSPS) is 11.4. The van der Waals surface area contributed by atoms with Gasteiger partial charge in [-0.2, -0.15) is 0 Å². The fourth-order valence-corrected chi connectivity index (χ4v) is 0.318. The lowest BCUT2D eigenvalue weighted by Gasteiger charge is -1.87. The van der Waals surface area contributed by atoms with E-state index in [2.05, 4.69) is 5.16 Å². The first kappa shape index (κ1) is 7.14. The van der Waals surface area contributed by atoms with Crippen molar-refractivity contribution in [3.05, 3.63) is 0 Å². The second kappa shape index (κ2) is 4.30.